The van der Waals surface area contributed by atoms with Crippen molar-refractivity contribution in [2.24, 2.45) is 10.2 Å². The lowest BCUT2D eigenvalue weighted by Crippen LogP contribution is -2.40. The van der Waals surface area contributed by atoms with Gasteiger partial charge in [-0.3, -0.25) is 10.1 Å². The maximum absolute atomic E-state index is 10.8. The summed E-state index contributed by atoms with van der Waals surface area (Å²) in [6, 6.07) is 16.2. The molecule has 154 valence electrons. The molecule has 0 unspecified atom stereocenters. The molecule has 2 aromatic carbocycles. The molecule has 0 spiro atoms. The third-order valence-electron chi connectivity index (χ3n) is 4.74. The first-order valence-electron chi connectivity index (χ1n) is 9.63. The first kappa shape index (κ1) is 21.4. The number of nitro benzene ring substituents is 1. The Balaban J connectivity index is 1.72. The van der Waals surface area contributed by atoms with Gasteiger partial charge in [0.1, 0.15) is 5.69 Å². The lowest BCUT2D eigenvalue weighted by atomic mass is 10.1. The Kier molecular flexibility index (Phi) is 7.08. The third kappa shape index (κ3) is 5.39. The molecule has 1 heterocycles. The third-order valence-corrected chi connectivity index (χ3v) is 5.04. The van der Waals surface area contributed by atoms with E-state index >= 15 is 0 Å². The molecule has 0 N–H and O–H groups in total. The van der Waals surface area contributed by atoms with Crippen LogP contribution in [0.2, 0.25) is 5.02 Å². The van der Waals surface area contributed by atoms with Crippen LogP contribution in [0.3, 0.4) is 0 Å². The van der Waals surface area contributed by atoms with Crippen molar-refractivity contribution in [2.75, 3.05) is 18.0 Å². The first-order valence-corrected chi connectivity index (χ1v) is 10.0. The van der Waals surface area contributed by atoms with Crippen LogP contribution < -0.4 is 9.47 Å². The van der Waals surface area contributed by atoms with Crippen LogP contribution in [-0.2, 0) is 6.54 Å². The van der Waals surface area contributed by atoms with Gasteiger partial charge in [0, 0.05) is 36.5 Å². The zero-order chi connectivity index (χ0) is 21.5. The molecule has 0 radical (unpaired) electrons. The van der Waals surface area contributed by atoms with Crippen LogP contribution in [-0.4, -0.2) is 18.0 Å². The Morgan fingerprint density at radius 1 is 1.07 bits per heavy atom. The van der Waals surface area contributed by atoms with Crippen LogP contribution in [0.25, 0.3) is 0 Å². The first-order chi connectivity index (χ1) is 14.5. The van der Waals surface area contributed by atoms with E-state index in [0.717, 1.165) is 36.6 Å². The summed E-state index contributed by atoms with van der Waals surface area (Å²) in [5, 5.41) is 19.4. The number of hydrogen-bond acceptors (Lipinski definition) is 5. The van der Waals surface area contributed by atoms with Gasteiger partial charge in [-0.2, -0.15) is 5.11 Å². The van der Waals surface area contributed by atoms with Crippen LogP contribution in [0.5, 0.6) is 0 Å². The monoisotopic (exact) mass is 424 g/mol. The summed E-state index contributed by atoms with van der Waals surface area (Å²) in [4.78, 5) is 12.6. The largest absolute Gasteiger partial charge is 0.365 e. The van der Waals surface area contributed by atoms with Gasteiger partial charge < -0.3 is 4.90 Å². The average Bonchev–Trinajstić information content (AvgIpc) is 2.75. The van der Waals surface area contributed by atoms with E-state index in [0.29, 0.717) is 5.69 Å². The Morgan fingerprint density at radius 2 is 1.77 bits per heavy atom. The molecule has 0 bridgehead atoms. The van der Waals surface area contributed by atoms with Crippen molar-refractivity contribution in [3.05, 3.63) is 87.7 Å². The van der Waals surface area contributed by atoms with Crippen molar-refractivity contribution in [1.82, 2.24) is 0 Å². The second-order valence-electron chi connectivity index (χ2n) is 6.76. The molecular weight excluding hydrogens is 402 g/mol. The molecule has 0 aliphatic heterocycles. The minimum Gasteiger partial charge on any atom is -0.365 e. The predicted molar refractivity (Wildman–Crippen MR) is 118 cm³/mol. The number of likely N-dealkylation sites (N-methyl/N-ethyl adjacent to an activating group) is 1. The van der Waals surface area contributed by atoms with Crippen LogP contribution in [0, 0.1) is 17.0 Å². The number of aromatic nitrogens is 1. The molecule has 0 atom stereocenters. The molecule has 0 fully saturated rings. The zero-order valence-electron chi connectivity index (χ0n) is 16.9. The van der Waals surface area contributed by atoms with Crippen LogP contribution >= 0.6 is 11.6 Å². The van der Waals surface area contributed by atoms with Crippen molar-refractivity contribution >= 4 is 34.4 Å². The number of benzene rings is 2. The molecule has 3 rings (SSSR count). The lowest BCUT2D eigenvalue weighted by Gasteiger charge is -2.22. The van der Waals surface area contributed by atoms with E-state index in [2.05, 4.69) is 45.1 Å². The summed E-state index contributed by atoms with van der Waals surface area (Å²) in [7, 11) is 0. The Hall–Kier alpha value is -3.32. The smallest absolute Gasteiger partial charge is 0.271 e. The number of non-ortho nitro benzene ring substituents is 1. The molecule has 1 aromatic heterocycles. The maximum atomic E-state index is 10.8. The maximum Gasteiger partial charge on any atom is 0.271 e. The van der Waals surface area contributed by atoms with Gasteiger partial charge in [-0.05, 0) is 43.7 Å². The molecular formula is C22H23ClN5O2+. The number of anilines is 1. The van der Waals surface area contributed by atoms with E-state index in [1.54, 1.807) is 0 Å². The Labute approximate surface area is 180 Å². The number of aryl methyl sites for hydroxylation is 1. The van der Waals surface area contributed by atoms with E-state index < -0.39 is 4.92 Å². The SMILES string of the molecule is CCN(CC[n+]1ccccc1)c1ccc(N=Nc2ccc([N+](=O)[O-])cc2Cl)c(C)c1. The van der Waals surface area contributed by atoms with Crippen molar-refractivity contribution in [1.29, 1.82) is 0 Å². The summed E-state index contributed by atoms with van der Waals surface area (Å²) in [5.74, 6) is 0. The number of hydrogen-bond donors (Lipinski definition) is 0. The zero-order valence-corrected chi connectivity index (χ0v) is 17.7. The van der Waals surface area contributed by atoms with Gasteiger partial charge in [0.2, 0.25) is 0 Å². The number of azo groups is 1. The molecule has 30 heavy (non-hydrogen) atoms. The van der Waals surface area contributed by atoms with Gasteiger partial charge >= 0.3 is 0 Å². The molecule has 0 saturated heterocycles. The molecule has 3 aromatic rings. The molecule has 0 amide bonds. The number of pyridine rings is 1. The van der Waals surface area contributed by atoms with Gasteiger partial charge in [-0.25, -0.2) is 4.57 Å². The minimum absolute atomic E-state index is 0.0761. The Bertz CT molecular complexity index is 1060. The highest BCUT2D eigenvalue weighted by molar-refractivity contribution is 6.33. The lowest BCUT2D eigenvalue weighted by molar-refractivity contribution is -0.694. The van der Waals surface area contributed by atoms with Crippen molar-refractivity contribution in [2.45, 2.75) is 20.4 Å². The summed E-state index contributed by atoms with van der Waals surface area (Å²) >= 11 is 6.08. The number of nitro groups is 1. The predicted octanol–water partition coefficient (Wildman–Crippen LogP) is 5.79. The fraction of sp³-hybridized carbons (Fsp3) is 0.227. The summed E-state index contributed by atoms with van der Waals surface area (Å²) in [5.41, 5.74) is 3.15. The fourth-order valence-electron chi connectivity index (χ4n) is 3.04. The number of nitrogens with zero attached hydrogens (tertiary/aromatic N) is 5. The van der Waals surface area contributed by atoms with E-state index in [-0.39, 0.29) is 10.7 Å². The molecule has 8 heteroatoms. The Morgan fingerprint density at radius 3 is 2.40 bits per heavy atom. The second kappa shape index (κ2) is 9.93. The number of halogens is 1. The molecule has 0 aliphatic rings. The highest BCUT2D eigenvalue weighted by atomic mass is 35.5. The fourth-order valence-corrected chi connectivity index (χ4v) is 3.25. The van der Waals surface area contributed by atoms with Crippen molar-refractivity contribution in [3.8, 4) is 0 Å². The van der Waals surface area contributed by atoms with Crippen molar-refractivity contribution in [3.63, 3.8) is 0 Å². The highest BCUT2D eigenvalue weighted by Crippen LogP contribution is 2.32. The van der Waals surface area contributed by atoms with Crippen LogP contribution in [0.1, 0.15) is 12.5 Å². The minimum atomic E-state index is -0.495. The van der Waals surface area contributed by atoms with Gasteiger partial charge in [0.05, 0.1) is 22.2 Å². The highest BCUT2D eigenvalue weighted by Gasteiger charge is 2.11. The van der Waals surface area contributed by atoms with Crippen molar-refractivity contribution < 1.29 is 9.49 Å². The van der Waals surface area contributed by atoms with E-state index in [1.807, 2.05) is 37.3 Å². The molecule has 7 nitrogen and oxygen atoms in total. The normalized spacial score (nSPS) is 11.0. The summed E-state index contributed by atoms with van der Waals surface area (Å²) in [6.07, 6.45) is 4.12. The van der Waals surface area contributed by atoms with Gasteiger partial charge in [0.15, 0.2) is 18.9 Å². The van der Waals surface area contributed by atoms with Crippen LogP contribution in [0.15, 0.2) is 77.2 Å². The van der Waals surface area contributed by atoms with E-state index in [9.17, 15) is 10.1 Å². The van der Waals surface area contributed by atoms with Gasteiger partial charge in [-0.1, -0.05) is 17.7 Å². The van der Waals surface area contributed by atoms with E-state index in [1.165, 1.54) is 18.2 Å². The molecule has 0 saturated carbocycles. The summed E-state index contributed by atoms with van der Waals surface area (Å²) < 4.78 is 2.16. The van der Waals surface area contributed by atoms with Gasteiger partial charge in [-0.15, -0.1) is 5.11 Å². The summed E-state index contributed by atoms with van der Waals surface area (Å²) in [6.45, 7) is 6.80. The second-order valence-corrected chi connectivity index (χ2v) is 7.16. The average molecular weight is 425 g/mol. The van der Waals surface area contributed by atoms with Gasteiger partial charge in [0.25, 0.3) is 5.69 Å². The quantitative estimate of drug-likeness (QED) is 0.199. The van der Waals surface area contributed by atoms with Crippen LogP contribution in [0.4, 0.5) is 22.7 Å². The topological polar surface area (TPSA) is 75.0 Å². The van der Waals surface area contributed by atoms with E-state index in [4.69, 9.17) is 11.6 Å². The standard InChI is InChI=1S/C22H23ClN5O2/c1-3-27(14-13-26-11-5-4-6-12-26)18-7-9-21(17(2)15-18)24-25-22-10-8-19(28(29)30)16-20(22)23/h4-12,15-16H,3,13-14H2,1-2H3/q+1. The number of rotatable bonds is 8. The molecule has 0 aliphatic carbocycles.